The minimum absolute atomic E-state index is 0.341. The summed E-state index contributed by atoms with van der Waals surface area (Å²) in [4.78, 5) is 10.8. The first-order valence-corrected chi connectivity index (χ1v) is 7.71. The van der Waals surface area contributed by atoms with E-state index in [2.05, 4.69) is 12.6 Å². The molecule has 0 unspecified atom stereocenters. The van der Waals surface area contributed by atoms with Crippen LogP contribution < -0.4 is 9.92 Å². The lowest BCUT2D eigenvalue weighted by Crippen LogP contribution is -2.09. The summed E-state index contributed by atoms with van der Waals surface area (Å²) in [5.74, 6) is 0.682. The van der Waals surface area contributed by atoms with Gasteiger partial charge in [0.05, 0.1) is 13.2 Å². The maximum absolute atomic E-state index is 10.8. The van der Waals surface area contributed by atoms with Crippen molar-refractivity contribution >= 4 is 21.4 Å². The molecule has 0 spiro atoms. The zero-order valence-corrected chi connectivity index (χ0v) is 13.6. The third-order valence-corrected chi connectivity index (χ3v) is 3.63. The van der Waals surface area contributed by atoms with E-state index in [0.717, 1.165) is 48.3 Å². The summed E-state index contributed by atoms with van der Waals surface area (Å²) in [7, 11) is 1.01. The molecule has 0 fully saturated rings. The molecule has 0 aliphatic carbocycles. The zero-order valence-electron chi connectivity index (χ0n) is 11.6. The number of esters is 1. The number of hydrogen-bond donors (Lipinski definition) is 0. The minimum Gasteiger partial charge on any atom is -0.494 e. The molecule has 0 saturated heterocycles. The average molecular weight is 278 g/mol. The van der Waals surface area contributed by atoms with Crippen LogP contribution in [-0.4, -0.2) is 29.4 Å². The maximum atomic E-state index is 10.8. The molecule has 0 aromatic heterocycles. The van der Waals surface area contributed by atoms with Crippen LogP contribution in [0.2, 0.25) is 0 Å². The predicted molar refractivity (Wildman–Crippen MR) is 81.1 cm³/mol. The fourth-order valence-corrected chi connectivity index (χ4v) is 2.19. The summed E-state index contributed by atoms with van der Waals surface area (Å²) in [6, 6.07) is 8.18. The normalized spacial score (nSPS) is 10.1. The Morgan fingerprint density at radius 3 is 2.53 bits per heavy atom. The molecule has 1 rings (SSSR count). The Morgan fingerprint density at radius 2 is 1.84 bits per heavy atom. The van der Waals surface area contributed by atoms with Gasteiger partial charge in [0.25, 0.3) is 0 Å². The lowest BCUT2D eigenvalue weighted by Gasteiger charge is -2.08. The summed E-state index contributed by atoms with van der Waals surface area (Å²) < 4.78 is 10.6. The average Bonchev–Trinajstić information content (AvgIpc) is 2.43. The van der Waals surface area contributed by atoms with E-state index in [4.69, 9.17) is 9.47 Å². The molecule has 0 amide bonds. The molecule has 0 saturated carbocycles. The molecule has 0 N–H and O–H groups in total. The summed E-state index contributed by atoms with van der Waals surface area (Å²) in [5.41, 5.74) is 0. The Kier molecular flexibility index (Phi) is 7.66. The van der Waals surface area contributed by atoms with Crippen molar-refractivity contribution in [3.8, 4) is 5.75 Å². The SMILES string of the molecule is C=CC(=O)OCCCCCCOc1ccccc1[SiH3]. The molecule has 0 aliphatic rings. The van der Waals surface area contributed by atoms with Crippen LogP contribution in [0.25, 0.3) is 0 Å². The van der Waals surface area contributed by atoms with Gasteiger partial charge in [-0.1, -0.05) is 24.8 Å². The Balaban J connectivity index is 1.98. The number of ether oxygens (including phenoxy) is 2. The summed E-state index contributed by atoms with van der Waals surface area (Å²) in [6.07, 6.45) is 5.27. The van der Waals surface area contributed by atoms with Crippen molar-refractivity contribution in [2.45, 2.75) is 25.7 Å². The lowest BCUT2D eigenvalue weighted by molar-refractivity contribution is -0.137. The molecule has 1 aromatic carbocycles. The molecular formula is C15H22O3Si. The van der Waals surface area contributed by atoms with Crippen LogP contribution in [0.15, 0.2) is 36.9 Å². The highest BCUT2D eigenvalue weighted by atomic mass is 28.1. The molecule has 3 nitrogen and oxygen atoms in total. The van der Waals surface area contributed by atoms with E-state index in [1.807, 2.05) is 18.2 Å². The highest BCUT2D eigenvalue weighted by Crippen LogP contribution is 2.07. The zero-order chi connectivity index (χ0) is 13.9. The van der Waals surface area contributed by atoms with Crippen molar-refractivity contribution in [3.63, 3.8) is 0 Å². The third kappa shape index (κ3) is 6.81. The first-order chi connectivity index (χ1) is 9.24. The van der Waals surface area contributed by atoms with Crippen molar-refractivity contribution in [2.75, 3.05) is 13.2 Å². The molecule has 0 atom stereocenters. The quantitative estimate of drug-likeness (QED) is 0.296. The van der Waals surface area contributed by atoms with E-state index in [-0.39, 0.29) is 5.97 Å². The van der Waals surface area contributed by atoms with E-state index < -0.39 is 0 Å². The van der Waals surface area contributed by atoms with Gasteiger partial charge in [-0.15, -0.1) is 0 Å². The number of unbranched alkanes of at least 4 members (excludes halogenated alkanes) is 3. The lowest BCUT2D eigenvalue weighted by atomic mass is 10.2. The molecule has 4 heteroatoms. The summed E-state index contributed by atoms with van der Waals surface area (Å²) in [6.45, 7) is 4.58. The van der Waals surface area contributed by atoms with Crippen molar-refractivity contribution in [2.24, 2.45) is 0 Å². The molecule has 1 aromatic rings. The van der Waals surface area contributed by atoms with Crippen LogP contribution in [-0.2, 0) is 9.53 Å². The van der Waals surface area contributed by atoms with E-state index in [9.17, 15) is 4.79 Å². The Bertz CT molecular complexity index is 404. The topological polar surface area (TPSA) is 35.5 Å². The first-order valence-electron chi connectivity index (χ1n) is 6.71. The van der Waals surface area contributed by atoms with Crippen LogP contribution in [0.1, 0.15) is 25.7 Å². The smallest absolute Gasteiger partial charge is 0.330 e. The second kappa shape index (κ2) is 9.39. The van der Waals surface area contributed by atoms with Gasteiger partial charge in [0, 0.05) is 16.3 Å². The van der Waals surface area contributed by atoms with Crippen LogP contribution >= 0.6 is 0 Å². The highest BCUT2D eigenvalue weighted by Gasteiger charge is 1.98. The molecule has 0 aliphatic heterocycles. The van der Waals surface area contributed by atoms with Crippen LogP contribution in [0.5, 0.6) is 5.75 Å². The van der Waals surface area contributed by atoms with E-state index in [1.54, 1.807) is 0 Å². The minimum atomic E-state index is -0.341. The van der Waals surface area contributed by atoms with Gasteiger partial charge in [0.2, 0.25) is 0 Å². The van der Waals surface area contributed by atoms with Crippen molar-refractivity contribution in [1.82, 2.24) is 0 Å². The fraction of sp³-hybridized carbons (Fsp3) is 0.400. The van der Waals surface area contributed by atoms with Crippen molar-refractivity contribution in [1.29, 1.82) is 0 Å². The Labute approximate surface area is 118 Å². The predicted octanol–water partition coefficient (Wildman–Crippen LogP) is 1.35. The molecule has 104 valence electrons. The van der Waals surface area contributed by atoms with Gasteiger partial charge in [-0.3, -0.25) is 0 Å². The summed E-state index contributed by atoms with van der Waals surface area (Å²) >= 11 is 0. The number of carbonyl (C=O) groups excluding carboxylic acids is 1. The first kappa shape index (κ1) is 15.5. The molecule has 19 heavy (non-hydrogen) atoms. The van der Waals surface area contributed by atoms with Crippen LogP contribution in [0.3, 0.4) is 0 Å². The van der Waals surface area contributed by atoms with E-state index in [1.165, 1.54) is 11.3 Å². The molecule has 0 radical (unpaired) electrons. The van der Waals surface area contributed by atoms with Gasteiger partial charge in [-0.05, 0) is 36.9 Å². The number of hydrogen-bond acceptors (Lipinski definition) is 3. The van der Waals surface area contributed by atoms with Gasteiger partial charge >= 0.3 is 5.97 Å². The molecule has 0 heterocycles. The number of rotatable bonds is 9. The van der Waals surface area contributed by atoms with Gasteiger partial charge in [0.1, 0.15) is 5.75 Å². The molecular weight excluding hydrogens is 256 g/mol. The van der Waals surface area contributed by atoms with Crippen molar-refractivity contribution < 1.29 is 14.3 Å². The number of para-hydroxylation sites is 1. The van der Waals surface area contributed by atoms with Gasteiger partial charge in [0.15, 0.2) is 0 Å². The number of benzene rings is 1. The molecule has 0 bridgehead atoms. The Morgan fingerprint density at radius 1 is 1.16 bits per heavy atom. The van der Waals surface area contributed by atoms with E-state index >= 15 is 0 Å². The van der Waals surface area contributed by atoms with Crippen LogP contribution in [0, 0.1) is 0 Å². The fourth-order valence-electron chi connectivity index (χ4n) is 1.69. The largest absolute Gasteiger partial charge is 0.494 e. The highest BCUT2D eigenvalue weighted by molar-refractivity contribution is 6.34. The van der Waals surface area contributed by atoms with E-state index in [0.29, 0.717) is 6.61 Å². The summed E-state index contributed by atoms with van der Waals surface area (Å²) in [5, 5.41) is 1.30. The maximum Gasteiger partial charge on any atom is 0.330 e. The standard InChI is InChI=1S/C15H22O3Si/c1-2-15(16)18-12-8-4-3-7-11-17-13-9-5-6-10-14(13)19/h2,5-6,9-10H,1,3-4,7-8,11-12H2,19H3. The second-order valence-electron chi connectivity index (χ2n) is 4.40. The van der Waals surface area contributed by atoms with Gasteiger partial charge < -0.3 is 9.47 Å². The van der Waals surface area contributed by atoms with Crippen molar-refractivity contribution in [3.05, 3.63) is 36.9 Å². The third-order valence-electron chi connectivity index (χ3n) is 2.80. The second-order valence-corrected chi connectivity index (χ2v) is 5.48. The van der Waals surface area contributed by atoms with Gasteiger partial charge in [-0.2, -0.15) is 0 Å². The Hall–Kier alpha value is -1.55. The number of carbonyl (C=O) groups is 1. The van der Waals surface area contributed by atoms with Crippen LogP contribution in [0.4, 0.5) is 0 Å². The monoisotopic (exact) mass is 278 g/mol. The van der Waals surface area contributed by atoms with Gasteiger partial charge in [-0.25, -0.2) is 4.79 Å².